The summed E-state index contributed by atoms with van der Waals surface area (Å²) in [7, 11) is 0. The molecule has 5 nitrogen and oxygen atoms in total. The van der Waals surface area contributed by atoms with Crippen molar-refractivity contribution >= 4 is 5.91 Å². The summed E-state index contributed by atoms with van der Waals surface area (Å²) < 4.78 is 16.2. The number of hydrogen-bond acceptors (Lipinski definition) is 4. The van der Waals surface area contributed by atoms with Crippen LogP contribution in [0.25, 0.3) is 0 Å². The van der Waals surface area contributed by atoms with Gasteiger partial charge in [0.05, 0.1) is 6.26 Å². The number of carbonyl (C=O) groups excluding carboxylic acids is 1. The first-order valence-corrected chi connectivity index (χ1v) is 7.72. The quantitative estimate of drug-likeness (QED) is 0.722. The zero-order valence-corrected chi connectivity index (χ0v) is 13.6. The summed E-state index contributed by atoms with van der Waals surface area (Å²) >= 11 is 0. The Bertz CT molecular complexity index is 607. The van der Waals surface area contributed by atoms with E-state index in [9.17, 15) is 4.79 Å². The molecule has 1 N–H and O–H groups in total. The van der Waals surface area contributed by atoms with Crippen LogP contribution in [0.5, 0.6) is 5.75 Å². The fourth-order valence-electron chi connectivity index (χ4n) is 2.03. The fourth-order valence-corrected chi connectivity index (χ4v) is 2.03. The molecule has 5 heteroatoms. The van der Waals surface area contributed by atoms with Gasteiger partial charge in [-0.05, 0) is 49.6 Å². The van der Waals surface area contributed by atoms with E-state index in [0.29, 0.717) is 19.8 Å². The highest BCUT2D eigenvalue weighted by atomic mass is 16.5. The molecule has 0 saturated heterocycles. The smallest absolute Gasteiger partial charge is 0.257 e. The van der Waals surface area contributed by atoms with Crippen LogP contribution in [0.4, 0.5) is 0 Å². The van der Waals surface area contributed by atoms with Crippen LogP contribution in [0, 0.1) is 13.8 Å². The van der Waals surface area contributed by atoms with Crippen molar-refractivity contribution in [1.29, 1.82) is 0 Å². The summed E-state index contributed by atoms with van der Waals surface area (Å²) in [5, 5.41) is 2.81. The second-order valence-corrected chi connectivity index (χ2v) is 5.39. The minimum atomic E-state index is -0.128. The van der Waals surface area contributed by atoms with E-state index >= 15 is 0 Å². The van der Waals surface area contributed by atoms with Crippen LogP contribution in [0.1, 0.15) is 23.3 Å². The highest BCUT2D eigenvalue weighted by Gasteiger charge is 2.05. The lowest BCUT2D eigenvalue weighted by Gasteiger charge is -2.10. The molecule has 2 rings (SSSR count). The Kier molecular flexibility index (Phi) is 6.69. The number of aryl methyl sites for hydroxylation is 2. The van der Waals surface area contributed by atoms with Gasteiger partial charge in [-0.1, -0.05) is 12.1 Å². The standard InChI is InChI=1S/C18H23NO4/c1-14-6-7-15(2)17(11-14)23-13-18(20)19-8-4-9-21-12-16-5-3-10-22-16/h3,5-7,10-11H,4,8-9,12-13H2,1-2H3,(H,19,20). The van der Waals surface area contributed by atoms with Crippen LogP contribution < -0.4 is 10.1 Å². The normalized spacial score (nSPS) is 10.5. The van der Waals surface area contributed by atoms with Gasteiger partial charge in [-0.2, -0.15) is 0 Å². The fraction of sp³-hybridized carbons (Fsp3) is 0.389. The molecule has 0 fully saturated rings. The van der Waals surface area contributed by atoms with Crippen molar-refractivity contribution in [3.63, 3.8) is 0 Å². The van der Waals surface area contributed by atoms with Gasteiger partial charge >= 0.3 is 0 Å². The monoisotopic (exact) mass is 317 g/mol. The third kappa shape index (κ3) is 6.16. The van der Waals surface area contributed by atoms with Crippen LogP contribution in [0.15, 0.2) is 41.0 Å². The number of rotatable bonds is 9. The minimum absolute atomic E-state index is 0.0253. The molecule has 23 heavy (non-hydrogen) atoms. The maximum atomic E-state index is 11.7. The van der Waals surface area contributed by atoms with Crippen molar-refractivity contribution in [2.24, 2.45) is 0 Å². The molecular formula is C18H23NO4. The van der Waals surface area contributed by atoms with E-state index in [1.54, 1.807) is 6.26 Å². The maximum absolute atomic E-state index is 11.7. The predicted octanol–water partition coefficient (Wildman–Crippen LogP) is 3.00. The summed E-state index contributed by atoms with van der Waals surface area (Å²) in [6, 6.07) is 9.64. The van der Waals surface area contributed by atoms with Gasteiger partial charge in [-0.15, -0.1) is 0 Å². The molecule has 1 amide bonds. The molecule has 0 aliphatic heterocycles. The van der Waals surface area contributed by atoms with Crippen molar-refractivity contribution in [3.8, 4) is 5.75 Å². The molecule has 0 aliphatic rings. The molecular weight excluding hydrogens is 294 g/mol. The molecule has 124 valence electrons. The second-order valence-electron chi connectivity index (χ2n) is 5.39. The van der Waals surface area contributed by atoms with E-state index in [4.69, 9.17) is 13.9 Å². The Morgan fingerprint density at radius 1 is 1.26 bits per heavy atom. The Morgan fingerprint density at radius 2 is 2.13 bits per heavy atom. The number of furan rings is 1. The summed E-state index contributed by atoms with van der Waals surface area (Å²) in [5.41, 5.74) is 2.13. The first kappa shape index (κ1) is 17.1. The van der Waals surface area contributed by atoms with E-state index in [0.717, 1.165) is 29.1 Å². The molecule has 0 aliphatic carbocycles. The van der Waals surface area contributed by atoms with E-state index < -0.39 is 0 Å². The largest absolute Gasteiger partial charge is 0.483 e. The lowest BCUT2D eigenvalue weighted by Crippen LogP contribution is -2.30. The van der Waals surface area contributed by atoms with Gasteiger partial charge in [0.1, 0.15) is 18.1 Å². The number of hydrogen-bond donors (Lipinski definition) is 1. The molecule has 1 aromatic carbocycles. The topological polar surface area (TPSA) is 60.7 Å². The first-order chi connectivity index (χ1) is 11.1. The van der Waals surface area contributed by atoms with Crippen LogP contribution >= 0.6 is 0 Å². The SMILES string of the molecule is Cc1ccc(C)c(OCC(=O)NCCCOCc2ccco2)c1. The molecule has 1 heterocycles. The first-order valence-electron chi connectivity index (χ1n) is 7.72. The van der Waals surface area contributed by atoms with Crippen LogP contribution in [0.3, 0.4) is 0 Å². The van der Waals surface area contributed by atoms with E-state index in [-0.39, 0.29) is 12.5 Å². The molecule has 2 aromatic rings. The third-order valence-electron chi connectivity index (χ3n) is 3.31. The molecule has 0 atom stereocenters. The zero-order chi connectivity index (χ0) is 16.5. The van der Waals surface area contributed by atoms with E-state index in [1.807, 2.05) is 44.2 Å². The third-order valence-corrected chi connectivity index (χ3v) is 3.31. The van der Waals surface area contributed by atoms with Crippen molar-refractivity contribution in [1.82, 2.24) is 5.32 Å². The van der Waals surface area contributed by atoms with Gasteiger partial charge in [0.15, 0.2) is 6.61 Å². The Labute approximate surface area is 136 Å². The molecule has 0 bridgehead atoms. The van der Waals surface area contributed by atoms with E-state index in [2.05, 4.69) is 5.32 Å². The highest BCUT2D eigenvalue weighted by Crippen LogP contribution is 2.18. The Morgan fingerprint density at radius 3 is 2.91 bits per heavy atom. The lowest BCUT2D eigenvalue weighted by molar-refractivity contribution is -0.123. The molecule has 0 unspecified atom stereocenters. The maximum Gasteiger partial charge on any atom is 0.257 e. The predicted molar refractivity (Wildman–Crippen MR) is 87.4 cm³/mol. The Hall–Kier alpha value is -2.27. The van der Waals surface area contributed by atoms with Crippen LogP contribution in [-0.4, -0.2) is 25.7 Å². The van der Waals surface area contributed by atoms with E-state index in [1.165, 1.54) is 0 Å². The van der Waals surface area contributed by atoms with Crippen molar-refractivity contribution in [3.05, 3.63) is 53.5 Å². The Balaban J connectivity index is 1.55. The van der Waals surface area contributed by atoms with Crippen molar-refractivity contribution < 1.29 is 18.7 Å². The molecule has 0 spiro atoms. The van der Waals surface area contributed by atoms with Gasteiger partial charge in [-0.25, -0.2) is 0 Å². The highest BCUT2D eigenvalue weighted by molar-refractivity contribution is 5.77. The zero-order valence-electron chi connectivity index (χ0n) is 13.6. The molecule has 0 radical (unpaired) electrons. The van der Waals surface area contributed by atoms with Crippen LogP contribution in [0.2, 0.25) is 0 Å². The summed E-state index contributed by atoms with van der Waals surface area (Å²) in [6.07, 6.45) is 2.37. The van der Waals surface area contributed by atoms with Gasteiger partial charge in [0, 0.05) is 13.2 Å². The average Bonchev–Trinajstić information content (AvgIpc) is 3.05. The molecule has 1 aromatic heterocycles. The number of carbonyl (C=O) groups is 1. The van der Waals surface area contributed by atoms with Crippen molar-refractivity contribution in [2.45, 2.75) is 26.9 Å². The lowest BCUT2D eigenvalue weighted by atomic mass is 10.1. The minimum Gasteiger partial charge on any atom is -0.483 e. The summed E-state index contributed by atoms with van der Waals surface area (Å²) in [4.78, 5) is 11.7. The summed E-state index contributed by atoms with van der Waals surface area (Å²) in [6.45, 7) is 5.57. The van der Waals surface area contributed by atoms with Crippen LogP contribution in [-0.2, 0) is 16.1 Å². The number of nitrogens with one attached hydrogen (secondary N) is 1. The number of benzene rings is 1. The van der Waals surface area contributed by atoms with Crippen molar-refractivity contribution in [2.75, 3.05) is 19.8 Å². The molecule has 0 saturated carbocycles. The second kappa shape index (κ2) is 9.00. The summed E-state index contributed by atoms with van der Waals surface area (Å²) in [5.74, 6) is 1.43. The average molecular weight is 317 g/mol. The van der Waals surface area contributed by atoms with Gasteiger partial charge in [0.25, 0.3) is 5.91 Å². The number of amides is 1. The number of ether oxygens (including phenoxy) is 2. The van der Waals surface area contributed by atoms with Gasteiger partial charge in [0.2, 0.25) is 0 Å². The van der Waals surface area contributed by atoms with Gasteiger partial charge in [-0.3, -0.25) is 4.79 Å². The van der Waals surface area contributed by atoms with Gasteiger partial charge < -0.3 is 19.2 Å².